The first-order chi connectivity index (χ1) is 19.4. The molecule has 3 N–H and O–H groups in total. The molecule has 0 bridgehead atoms. The van der Waals surface area contributed by atoms with Gasteiger partial charge in [-0.1, -0.05) is 6.07 Å². The van der Waals surface area contributed by atoms with Gasteiger partial charge in [-0.2, -0.15) is 9.61 Å². The van der Waals surface area contributed by atoms with Gasteiger partial charge in [-0.15, -0.1) is 0 Å². The number of ether oxygens (including phenoxy) is 1. The lowest BCUT2D eigenvalue weighted by molar-refractivity contribution is 0.0294. The number of rotatable bonds is 6. The predicted molar refractivity (Wildman–Crippen MR) is 160 cm³/mol. The Balaban J connectivity index is 1.49. The van der Waals surface area contributed by atoms with Crippen LogP contribution in [-0.2, 0) is 11.3 Å². The summed E-state index contributed by atoms with van der Waals surface area (Å²) in [4.78, 5) is 37.1. The highest BCUT2D eigenvalue weighted by atomic mass is 127. The van der Waals surface area contributed by atoms with Crippen molar-refractivity contribution in [2.45, 2.75) is 52.4 Å². The van der Waals surface area contributed by atoms with Crippen LogP contribution in [-0.4, -0.2) is 82.6 Å². The molecule has 0 spiro atoms. The number of hydrogen-bond acceptors (Lipinski definition) is 8. The lowest BCUT2D eigenvalue weighted by Gasteiger charge is -2.34. The van der Waals surface area contributed by atoms with E-state index in [4.69, 9.17) is 14.7 Å². The monoisotopic (exact) mass is 676 g/mol. The summed E-state index contributed by atoms with van der Waals surface area (Å²) in [5, 5.41) is 27.6. The first-order valence-corrected chi connectivity index (χ1v) is 14.4. The summed E-state index contributed by atoms with van der Waals surface area (Å²) in [5.41, 5.74) is 2.29. The second-order valence-electron chi connectivity index (χ2n) is 11.2. The smallest absolute Gasteiger partial charge is 0.416 e. The molecule has 5 rings (SSSR count). The number of aliphatic hydroxyl groups excluding tert-OH is 1. The van der Waals surface area contributed by atoms with Crippen molar-refractivity contribution in [3.63, 3.8) is 0 Å². The summed E-state index contributed by atoms with van der Waals surface area (Å²) < 4.78 is 10.1. The first kappa shape index (κ1) is 28.9. The lowest BCUT2D eigenvalue weighted by atomic mass is 9.94. The Morgan fingerprint density at radius 3 is 2.73 bits per heavy atom. The van der Waals surface area contributed by atoms with Crippen LogP contribution in [0.4, 0.5) is 21.2 Å². The number of aliphatic hydroxyl groups is 1. The van der Waals surface area contributed by atoms with Gasteiger partial charge in [0.25, 0.3) is 0 Å². The Labute approximate surface area is 250 Å². The third kappa shape index (κ3) is 6.32. The molecule has 1 fully saturated rings. The Bertz CT molecular complexity index is 1600. The number of aryl methyl sites for hydroxylation is 1. The van der Waals surface area contributed by atoms with Crippen LogP contribution in [0.1, 0.15) is 38.4 Å². The summed E-state index contributed by atoms with van der Waals surface area (Å²) in [6.45, 7) is 8.32. The number of aromatic nitrogens is 5. The van der Waals surface area contributed by atoms with Gasteiger partial charge in [0, 0.05) is 37.5 Å². The molecule has 5 heterocycles. The molecule has 0 saturated carbocycles. The van der Waals surface area contributed by atoms with E-state index in [2.05, 4.69) is 33.0 Å². The van der Waals surface area contributed by atoms with Crippen molar-refractivity contribution in [3.8, 4) is 0 Å². The number of carboxylic acid groups (broad SMARTS) is 1. The second kappa shape index (κ2) is 11.3. The Morgan fingerprint density at radius 1 is 1.27 bits per heavy atom. The Hall–Kier alpha value is -3.66. The van der Waals surface area contributed by atoms with E-state index in [0.29, 0.717) is 42.5 Å². The fourth-order valence-electron chi connectivity index (χ4n) is 4.83. The fourth-order valence-corrected chi connectivity index (χ4v) is 5.30. The van der Waals surface area contributed by atoms with Gasteiger partial charge >= 0.3 is 12.2 Å². The molecule has 1 saturated heterocycles. The second-order valence-corrected chi connectivity index (χ2v) is 12.3. The van der Waals surface area contributed by atoms with Crippen molar-refractivity contribution in [3.05, 3.63) is 51.6 Å². The molecule has 1 aliphatic rings. The highest BCUT2D eigenvalue weighted by Crippen LogP contribution is 2.27. The van der Waals surface area contributed by atoms with Crippen molar-refractivity contribution in [2.75, 3.05) is 29.9 Å². The van der Waals surface area contributed by atoms with Gasteiger partial charge in [-0.25, -0.2) is 19.6 Å². The molecule has 2 unspecified atom stereocenters. The van der Waals surface area contributed by atoms with E-state index in [9.17, 15) is 19.8 Å². The summed E-state index contributed by atoms with van der Waals surface area (Å²) in [7, 11) is 0. The highest BCUT2D eigenvalue weighted by molar-refractivity contribution is 14.1. The third-order valence-electron chi connectivity index (χ3n) is 6.89. The zero-order chi connectivity index (χ0) is 29.5. The van der Waals surface area contributed by atoms with E-state index in [0.717, 1.165) is 14.8 Å². The minimum Gasteiger partial charge on any atom is -0.465 e. The van der Waals surface area contributed by atoms with E-state index < -0.39 is 23.9 Å². The molecular formula is C27H33IN8O5. The zero-order valence-corrected chi connectivity index (χ0v) is 25.4. The molecule has 14 heteroatoms. The summed E-state index contributed by atoms with van der Waals surface area (Å²) >= 11 is 2.14. The van der Waals surface area contributed by atoms with Gasteiger partial charge in [0.2, 0.25) is 0 Å². The largest absolute Gasteiger partial charge is 0.465 e. The number of likely N-dealkylation sites (tertiary alicyclic amines) is 1. The van der Waals surface area contributed by atoms with E-state index in [1.165, 1.54) is 9.80 Å². The van der Waals surface area contributed by atoms with E-state index >= 15 is 0 Å². The number of imidazole rings is 1. The number of hydrogen-bond donors (Lipinski definition) is 3. The normalized spacial score (nSPS) is 17.7. The maximum atomic E-state index is 13.6. The highest BCUT2D eigenvalue weighted by Gasteiger charge is 2.31. The number of amides is 2. The Morgan fingerprint density at radius 2 is 2.05 bits per heavy atom. The van der Waals surface area contributed by atoms with Crippen LogP contribution in [0.5, 0.6) is 0 Å². The molecule has 4 aromatic heterocycles. The number of halogens is 1. The van der Waals surface area contributed by atoms with Crippen LogP contribution < -0.4 is 10.2 Å². The standard InChI is InChI=1S/C27H33IN8O5/c1-16-6-5-8-33-13-18(31-23(16)33)14-35(26(40)41-27(2,3)4)22-10-21(32-24-19(28)12-30-36(22)24)29-11-17-7-9-34(25(38)39)15-20(17)37/h5-6,8,10,12-13,17,20,37H,7,9,11,14-15H2,1-4H3,(H,29,32)(H,38,39). The molecule has 218 valence electrons. The first-order valence-electron chi connectivity index (χ1n) is 13.3. The summed E-state index contributed by atoms with van der Waals surface area (Å²) in [6.07, 6.45) is 3.57. The number of nitrogens with zero attached hydrogens (tertiary/aromatic N) is 7. The summed E-state index contributed by atoms with van der Waals surface area (Å²) in [6, 6.07) is 5.65. The van der Waals surface area contributed by atoms with Crippen LogP contribution >= 0.6 is 22.6 Å². The molecule has 0 radical (unpaired) electrons. The molecule has 0 aromatic carbocycles. The molecular weight excluding hydrogens is 643 g/mol. The molecule has 41 heavy (non-hydrogen) atoms. The molecule has 4 aromatic rings. The van der Waals surface area contributed by atoms with Crippen LogP contribution in [0.25, 0.3) is 11.3 Å². The lowest BCUT2D eigenvalue weighted by Crippen LogP contribution is -2.47. The maximum Gasteiger partial charge on any atom is 0.416 e. The number of β-amino-alcohol motifs (C(OH)–C–C–N with tert-alkyl or cyclic N) is 1. The molecule has 1 aliphatic heterocycles. The minimum absolute atomic E-state index is 0.0603. The van der Waals surface area contributed by atoms with Crippen molar-refractivity contribution < 1.29 is 24.5 Å². The minimum atomic E-state index is -1.04. The van der Waals surface area contributed by atoms with Crippen LogP contribution in [0.3, 0.4) is 0 Å². The number of carbonyl (C=O) groups excluding carboxylic acids is 1. The maximum absolute atomic E-state index is 13.6. The SMILES string of the molecule is Cc1cccn2cc(CN(C(=O)OC(C)(C)C)c3cc(NCC4CCN(C(=O)O)CC4O)nc4c(I)cnn34)nc12. The number of anilines is 2. The van der Waals surface area contributed by atoms with Gasteiger partial charge in [0.1, 0.15) is 22.9 Å². The van der Waals surface area contributed by atoms with Gasteiger partial charge in [0.15, 0.2) is 5.65 Å². The Kier molecular flexibility index (Phi) is 7.96. The molecule has 2 atom stereocenters. The van der Waals surface area contributed by atoms with Gasteiger partial charge < -0.3 is 29.6 Å². The van der Waals surface area contributed by atoms with E-state index in [1.54, 1.807) is 16.8 Å². The van der Waals surface area contributed by atoms with E-state index in [1.807, 2.05) is 56.6 Å². The number of pyridine rings is 1. The molecule has 13 nitrogen and oxygen atoms in total. The van der Waals surface area contributed by atoms with Gasteiger partial charge in [-0.3, -0.25) is 4.90 Å². The average Bonchev–Trinajstić information content (AvgIpc) is 3.49. The third-order valence-corrected chi connectivity index (χ3v) is 7.65. The van der Waals surface area contributed by atoms with Crippen molar-refractivity contribution in [1.29, 1.82) is 0 Å². The molecule has 0 aliphatic carbocycles. The van der Waals surface area contributed by atoms with Gasteiger partial charge in [0.05, 0.1) is 34.7 Å². The van der Waals surface area contributed by atoms with Crippen LogP contribution in [0.15, 0.2) is 36.8 Å². The summed E-state index contributed by atoms with van der Waals surface area (Å²) in [5.74, 6) is 0.752. The number of fused-ring (bicyclic) bond motifs is 2. The van der Waals surface area contributed by atoms with E-state index in [-0.39, 0.29) is 19.0 Å². The number of nitrogens with one attached hydrogen (secondary N) is 1. The van der Waals surface area contributed by atoms with Crippen LogP contribution in [0.2, 0.25) is 0 Å². The number of carbonyl (C=O) groups is 2. The zero-order valence-electron chi connectivity index (χ0n) is 23.3. The molecule has 2 amide bonds. The fraction of sp³-hybridized carbons (Fsp3) is 0.444. The van der Waals surface area contributed by atoms with Crippen molar-refractivity contribution in [2.24, 2.45) is 5.92 Å². The van der Waals surface area contributed by atoms with Gasteiger partial charge in [-0.05, 0) is 68.3 Å². The number of piperidine rings is 1. The quantitative estimate of drug-likeness (QED) is 0.258. The predicted octanol–water partition coefficient (Wildman–Crippen LogP) is 4.00. The van der Waals surface area contributed by atoms with Crippen LogP contribution in [0, 0.1) is 16.4 Å². The van der Waals surface area contributed by atoms with Crippen molar-refractivity contribution in [1.82, 2.24) is 28.9 Å². The van der Waals surface area contributed by atoms with Crippen molar-refractivity contribution >= 4 is 57.7 Å². The average molecular weight is 677 g/mol. The topological polar surface area (TPSA) is 150 Å².